The lowest BCUT2D eigenvalue weighted by molar-refractivity contribution is -0.121. The van der Waals surface area contributed by atoms with Gasteiger partial charge in [0.25, 0.3) is 5.91 Å². The summed E-state index contributed by atoms with van der Waals surface area (Å²) >= 11 is 5.92. The molecule has 0 aliphatic carbocycles. The number of amides is 1. The van der Waals surface area contributed by atoms with Crippen LogP contribution in [-0.4, -0.2) is 59.3 Å². The molecule has 1 N–H and O–H groups in total. The van der Waals surface area contributed by atoms with Gasteiger partial charge in [0.2, 0.25) is 15.8 Å². The number of rotatable bonds is 12. The number of hydrazone groups is 1. The highest BCUT2D eigenvalue weighted by atomic mass is 35.5. The molecule has 0 spiro atoms. The molecule has 3 aromatic rings. The molecule has 196 valence electrons. The van der Waals surface area contributed by atoms with Crippen LogP contribution in [0.1, 0.15) is 11.1 Å². The number of carbonyl (C=O) groups excluding carboxylic acids is 1. The molecule has 9 nitrogen and oxygen atoms in total. The first-order valence-electron chi connectivity index (χ1n) is 11.2. The van der Waals surface area contributed by atoms with E-state index in [0.29, 0.717) is 34.3 Å². The molecule has 0 atom stereocenters. The number of ether oxygens (including phenoxy) is 3. The van der Waals surface area contributed by atoms with Crippen molar-refractivity contribution < 1.29 is 27.4 Å². The number of carbonyl (C=O) groups is 1. The molecule has 0 saturated carbocycles. The molecule has 0 aliphatic heterocycles. The lowest BCUT2D eigenvalue weighted by atomic mass is 10.1. The Morgan fingerprint density at radius 3 is 2.24 bits per heavy atom. The normalized spacial score (nSPS) is 11.5. The highest BCUT2D eigenvalue weighted by Crippen LogP contribution is 2.38. The van der Waals surface area contributed by atoms with Gasteiger partial charge in [-0.3, -0.25) is 4.79 Å². The maximum atomic E-state index is 13.3. The first-order valence-corrected chi connectivity index (χ1v) is 13.0. The zero-order valence-corrected chi connectivity index (χ0v) is 22.3. The van der Waals surface area contributed by atoms with Crippen LogP contribution in [0.4, 0.5) is 0 Å². The molecule has 0 fully saturated rings. The summed E-state index contributed by atoms with van der Waals surface area (Å²) in [7, 11) is 0.483. The zero-order chi connectivity index (χ0) is 26.8. The molecular weight excluding hydrogens is 518 g/mol. The van der Waals surface area contributed by atoms with Gasteiger partial charge in [0.15, 0.2) is 11.5 Å². The highest BCUT2D eigenvalue weighted by molar-refractivity contribution is 7.89. The number of methoxy groups -OCH3 is 3. The van der Waals surface area contributed by atoms with E-state index in [1.165, 1.54) is 51.8 Å². The van der Waals surface area contributed by atoms with Crippen LogP contribution in [-0.2, 0) is 21.2 Å². The summed E-state index contributed by atoms with van der Waals surface area (Å²) in [6.45, 7) is -0.339. The van der Waals surface area contributed by atoms with Crippen LogP contribution in [0.2, 0.25) is 5.02 Å². The van der Waals surface area contributed by atoms with Crippen molar-refractivity contribution in [2.75, 3.05) is 34.4 Å². The number of benzene rings is 3. The smallest absolute Gasteiger partial charge is 0.255 e. The minimum Gasteiger partial charge on any atom is -0.493 e. The summed E-state index contributed by atoms with van der Waals surface area (Å²) in [5, 5.41) is 4.39. The Kier molecular flexibility index (Phi) is 9.90. The molecule has 11 heteroatoms. The topological polar surface area (TPSA) is 107 Å². The fourth-order valence-corrected chi connectivity index (χ4v) is 5.06. The van der Waals surface area contributed by atoms with Gasteiger partial charge in [-0.15, -0.1) is 0 Å². The van der Waals surface area contributed by atoms with Gasteiger partial charge in [-0.2, -0.15) is 9.41 Å². The number of halogens is 1. The first-order chi connectivity index (χ1) is 17.8. The minimum atomic E-state index is -3.98. The molecule has 0 saturated heterocycles. The summed E-state index contributed by atoms with van der Waals surface area (Å²) in [6.07, 6.45) is 1.80. The minimum absolute atomic E-state index is 0.0383. The molecule has 37 heavy (non-hydrogen) atoms. The van der Waals surface area contributed by atoms with Crippen molar-refractivity contribution in [1.29, 1.82) is 0 Å². The van der Waals surface area contributed by atoms with Gasteiger partial charge in [-0.1, -0.05) is 41.9 Å². The van der Waals surface area contributed by atoms with Crippen LogP contribution in [0.25, 0.3) is 0 Å². The van der Waals surface area contributed by atoms with Gasteiger partial charge in [-0.05, 0) is 48.4 Å². The van der Waals surface area contributed by atoms with E-state index in [2.05, 4.69) is 10.5 Å². The molecule has 3 rings (SSSR count). The predicted molar refractivity (Wildman–Crippen MR) is 142 cm³/mol. The van der Waals surface area contributed by atoms with E-state index < -0.39 is 22.5 Å². The number of hydrogen-bond donors (Lipinski definition) is 1. The van der Waals surface area contributed by atoms with Crippen molar-refractivity contribution in [2.45, 2.75) is 11.3 Å². The van der Waals surface area contributed by atoms with Crippen LogP contribution < -0.4 is 19.6 Å². The second kappa shape index (κ2) is 13.1. The van der Waals surface area contributed by atoms with Crippen LogP contribution in [0, 0.1) is 0 Å². The average Bonchev–Trinajstić information content (AvgIpc) is 2.91. The van der Waals surface area contributed by atoms with Gasteiger partial charge in [0.1, 0.15) is 0 Å². The van der Waals surface area contributed by atoms with E-state index in [1.807, 2.05) is 30.3 Å². The molecular formula is C26H28ClN3O6S. The molecule has 0 radical (unpaired) electrons. The molecule has 0 bridgehead atoms. The number of hydrogen-bond acceptors (Lipinski definition) is 7. The van der Waals surface area contributed by atoms with Crippen molar-refractivity contribution in [1.82, 2.24) is 9.73 Å². The third-order valence-electron chi connectivity index (χ3n) is 5.39. The van der Waals surface area contributed by atoms with Crippen LogP contribution in [0.5, 0.6) is 17.2 Å². The Balaban J connectivity index is 1.77. The Bertz CT molecular complexity index is 1330. The average molecular weight is 546 g/mol. The number of sulfonamides is 1. The maximum absolute atomic E-state index is 13.3. The van der Waals surface area contributed by atoms with Gasteiger partial charge in [0.05, 0.1) is 39.0 Å². The van der Waals surface area contributed by atoms with E-state index in [9.17, 15) is 13.2 Å². The predicted octanol–water partition coefficient (Wildman–Crippen LogP) is 3.75. The van der Waals surface area contributed by atoms with Crippen molar-refractivity contribution >= 4 is 33.7 Å². The van der Waals surface area contributed by atoms with Gasteiger partial charge in [0, 0.05) is 17.1 Å². The van der Waals surface area contributed by atoms with Crippen LogP contribution in [0.3, 0.4) is 0 Å². The monoisotopic (exact) mass is 545 g/mol. The summed E-state index contributed by atoms with van der Waals surface area (Å²) < 4.78 is 43.8. The van der Waals surface area contributed by atoms with Crippen molar-refractivity contribution in [3.63, 3.8) is 0 Å². The zero-order valence-electron chi connectivity index (χ0n) is 20.7. The molecule has 0 heterocycles. The van der Waals surface area contributed by atoms with E-state index in [1.54, 1.807) is 12.1 Å². The fourth-order valence-electron chi connectivity index (χ4n) is 3.53. The van der Waals surface area contributed by atoms with Crippen molar-refractivity contribution in [3.8, 4) is 17.2 Å². The maximum Gasteiger partial charge on any atom is 0.255 e. The number of nitrogens with one attached hydrogen (secondary N) is 1. The summed E-state index contributed by atoms with van der Waals surface area (Å²) in [6, 6.07) is 18.6. The van der Waals surface area contributed by atoms with Crippen LogP contribution >= 0.6 is 11.6 Å². The molecule has 0 aliphatic rings. The lowest BCUT2D eigenvalue weighted by Crippen LogP contribution is -2.40. The van der Waals surface area contributed by atoms with Crippen molar-refractivity contribution in [2.24, 2.45) is 5.10 Å². The van der Waals surface area contributed by atoms with Crippen molar-refractivity contribution in [3.05, 3.63) is 82.9 Å². The molecule has 1 amide bonds. The Morgan fingerprint density at radius 2 is 1.62 bits per heavy atom. The largest absolute Gasteiger partial charge is 0.493 e. The first kappa shape index (κ1) is 28.0. The van der Waals surface area contributed by atoms with E-state index in [4.69, 9.17) is 25.8 Å². The third-order valence-corrected chi connectivity index (χ3v) is 7.50. The summed E-state index contributed by atoms with van der Waals surface area (Å²) in [5.41, 5.74) is 3.85. The van der Waals surface area contributed by atoms with Gasteiger partial charge >= 0.3 is 0 Å². The van der Waals surface area contributed by atoms with E-state index in [-0.39, 0.29) is 11.4 Å². The van der Waals surface area contributed by atoms with Gasteiger partial charge < -0.3 is 14.2 Å². The Morgan fingerprint density at radius 1 is 0.946 bits per heavy atom. The van der Waals surface area contributed by atoms with Gasteiger partial charge in [-0.25, -0.2) is 13.8 Å². The SMILES string of the molecule is COc1ccc(/C=N\NC(=O)CN(CCc2ccccc2)S(=O)(=O)c2ccc(Cl)cc2)c(OC)c1OC. The lowest BCUT2D eigenvalue weighted by Gasteiger charge is -2.21. The second-order valence-corrected chi connectivity index (χ2v) is 10.1. The third kappa shape index (κ3) is 7.22. The van der Waals surface area contributed by atoms with E-state index in [0.717, 1.165) is 9.87 Å². The summed E-state index contributed by atoms with van der Waals surface area (Å²) in [5.74, 6) is 0.611. The fraction of sp³-hybridized carbons (Fsp3) is 0.231. The quantitative estimate of drug-likeness (QED) is 0.274. The molecule has 0 unspecified atom stereocenters. The Labute approximate surface area is 221 Å². The Hall–Kier alpha value is -3.60. The number of nitrogens with zero attached hydrogens (tertiary/aromatic N) is 2. The summed E-state index contributed by atoms with van der Waals surface area (Å²) in [4.78, 5) is 12.8. The highest BCUT2D eigenvalue weighted by Gasteiger charge is 2.26. The molecule has 0 aromatic heterocycles. The van der Waals surface area contributed by atoms with E-state index >= 15 is 0 Å². The standard InChI is InChI=1S/C26H28ClN3O6S/c1-34-23-14-9-20(25(35-2)26(23)36-3)17-28-29-24(31)18-30(16-15-19-7-5-4-6-8-19)37(32,33)22-12-10-21(27)11-13-22/h4-14,17H,15-16,18H2,1-3H3,(H,29,31)/b28-17-. The second-order valence-electron chi connectivity index (χ2n) is 7.74. The molecule has 3 aromatic carbocycles. The van der Waals surface area contributed by atoms with Crippen LogP contribution in [0.15, 0.2) is 76.7 Å².